The number of nitrogens with zero attached hydrogens (tertiary/aromatic N) is 1. The second-order valence-electron chi connectivity index (χ2n) is 6.14. The standard InChI is InChI=1S/C15H25NO3/c1-3-14(4-2)10-12(18)16(13(14)19)15(11-17)8-6-5-7-9-15/h17H,3-11H2,1-2H3. The average Bonchev–Trinajstić information content (AvgIpc) is 2.71. The van der Waals surface area contributed by atoms with Crippen molar-refractivity contribution in [2.24, 2.45) is 5.41 Å². The van der Waals surface area contributed by atoms with Gasteiger partial charge in [-0.15, -0.1) is 0 Å². The highest BCUT2D eigenvalue weighted by atomic mass is 16.3. The predicted octanol–water partition coefficient (Wildman–Crippen LogP) is 2.25. The Labute approximate surface area is 115 Å². The van der Waals surface area contributed by atoms with Crippen molar-refractivity contribution in [1.82, 2.24) is 4.90 Å². The molecule has 2 fully saturated rings. The molecule has 0 aromatic carbocycles. The van der Waals surface area contributed by atoms with E-state index in [2.05, 4.69) is 0 Å². The summed E-state index contributed by atoms with van der Waals surface area (Å²) in [4.78, 5) is 26.6. The first kappa shape index (κ1) is 14.5. The highest BCUT2D eigenvalue weighted by Crippen LogP contribution is 2.45. The van der Waals surface area contributed by atoms with Crippen LogP contribution >= 0.6 is 0 Å². The normalized spacial score (nSPS) is 25.9. The van der Waals surface area contributed by atoms with E-state index in [0.29, 0.717) is 19.3 Å². The topological polar surface area (TPSA) is 57.6 Å². The Morgan fingerprint density at radius 2 is 1.68 bits per heavy atom. The smallest absolute Gasteiger partial charge is 0.236 e. The lowest BCUT2D eigenvalue weighted by atomic mass is 9.79. The number of hydrogen-bond donors (Lipinski definition) is 1. The van der Waals surface area contributed by atoms with E-state index in [1.54, 1.807) is 0 Å². The minimum atomic E-state index is -0.613. The molecule has 0 bridgehead atoms. The zero-order valence-corrected chi connectivity index (χ0v) is 12.1. The lowest BCUT2D eigenvalue weighted by Crippen LogP contribution is -2.56. The molecule has 4 nitrogen and oxygen atoms in total. The van der Waals surface area contributed by atoms with Gasteiger partial charge in [0.15, 0.2) is 0 Å². The second-order valence-corrected chi connectivity index (χ2v) is 6.14. The van der Waals surface area contributed by atoms with Gasteiger partial charge < -0.3 is 5.11 Å². The Morgan fingerprint density at radius 3 is 2.11 bits per heavy atom. The fourth-order valence-corrected chi connectivity index (χ4v) is 3.74. The average molecular weight is 267 g/mol. The van der Waals surface area contributed by atoms with Gasteiger partial charge in [0.05, 0.1) is 17.6 Å². The zero-order valence-electron chi connectivity index (χ0n) is 12.1. The minimum absolute atomic E-state index is 0.0431. The molecule has 19 heavy (non-hydrogen) atoms. The van der Waals surface area contributed by atoms with Crippen LogP contribution in [0.15, 0.2) is 0 Å². The van der Waals surface area contributed by atoms with Crippen LogP contribution in [0.1, 0.15) is 65.2 Å². The summed E-state index contributed by atoms with van der Waals surface area (Å²) < 4.78 is 0. The number of amides is 2. The van der Waals surface area contributed by atoms with Gasteiger partial charge in [0.1, 0.15) is 0 Å². The van der Waals surface area contributed by atoms with Crippen molar-refractivity contribution in [2.75, 3.05) is 6.61 Å². The lowest BCUT2D eigenvalue weighted by Gasteiger charge is -2.43. The van der Waals surface area contributed by atoms with Gasteiger partial charge in [0, 0.05) is 6.42 Å². The molecule has 1 aliphatic carbocycles. The molecule has 0 radical (unpaired) electrons. The van der Waals surface area contributed by atoms with Gasteiger partial charge in [-0.1, -0.05) is 33.1 Å². The predicted molar refractivity (Wildman–Crippen MR) is 72.4 cm³/mol. The quantitative estimate of drug-likeness (QED) is 0.795. The number of carbonyl (C=O) groups excluding carboxylic acids is 2. The molecule has 0 atom stereocenters. The maximum Gasteiger partial charge on any atom is 0.236 e. The Morgan fingerprint density at radius 1 is 1.11 bits per heavy atom. The van der Waals surface area contributed by atoms with Crippen LogP contribution in [0.2, 0.25) is 0 Å². The van der Waals surface area contributed by atoms with E-state index < -0.39 is 11.0 Å². The molecule has 1 saturated heterocycles. The number of likely N-dealkylation sites (tertiary alicyclic amines) is 1. The number of hydrogen-bond acceptors (Lipinski definition) is 3. The van der Waals surface area contributed by atoms with Crippen LogP contribution in [-0.2, 0) is 9.59 Å². The number of carbonyl (C=O) groups is 2. The van der Waals surface area contributed by atoms with Crippen molar-refractivity contribution in [3.63, 3.8) is 0 Å². The highest BCUT2D eigenvalue weighted by Gasteiger charge is 2.56. The minimum Gasteiger partial charge on any atom is -0.394 e. The second kappa shape index (κ2) is 5.23. The van der Waals surface area contributed by atoms with Crippen LogP contribution in [-0.4, -0.2) is 34.0 Å². The molecule has 0 aromatic heterocycles. The maximum absolute atomic E-state index is 12.8. The first-order valence-electron chi connectivity index (χ1n) is 7.53. The van der Waals surface area contributed by atoms with E-state index in [1.165, 1.54) is 4.90 Å². The Bertz CT molecular complexity index is 368. The van der Waals surface area contributed by atoms with Crippen molar-refractivity contribution in [1.29, 1.82) is 0 Å². The van der Waals surface area contributed by atoms with E-state index in [0.717, 1.165) is 32.1 Å². The first-order valence-corrected chi connectivity index (χ1v) is 7.53. The van der Waals surface area contributed by atoms with Gasteiger partial charge >= 0.3 is 0 Å². The van der Waals surface area contributed by atoms with Crippen molar-refractivity contribution >= 4 is 11.8 Å². The third-order valence-corrected chi connectivity index (χ3v) is 5.30. The molecular formula is C15H25NO3. The van der Waals surface area contributed by atoms with Crippen molar-refractivity contribution in [3.05, 3.63) is 0 Å². The van der Waals surface area contributed by atoms with E-state index in [-0.39, 0.29) is 18.4 Å². The summed E-state index contributed by atoms with van der Waals surface area (Å²) in [6.07, 6.45) is 6.34. The third-order valence-electron chi connectivity index (χ3n) is 5.30. The van der Waals surface area contributed by atoms with Gasteiger partial charge in [-0.05, 0) is 25.7 Å². The molecule has 0 aromatic rings. The van der Waals surface area contributed by atoms with Gasteiger partial charge in [-0.2, -0.15) is 0 Å². The summed E-state index contributed by atoms with van der Waals surface area (Å²) in [5, 5.41) is 9.81. The van der Waals surface area contributed by atoms with Crippen LogP contribution in [0.4, 0.5) is 0 Å². The molecule has 2 rings (SSSR count). The molecule has 4 heteroatoms. The lowest BCUT2D eigenvalue weighted by molar-refractivity contribution is -0.152. The largest absolute Gasteiger partial charge is 0.394 e. The van der Waals surface area contributed by atoms with E-state index in [4.69, 9.17) is 0 Å². The van der Waals surface area contributed by atoms with Crippen molar-refractivity contribution in [3.8, 4) is 0 Å². The van der Waals surface area contributed by atoms with Crippen molar-refractivity contribution in [2.45, 2.75) is 70.8 Å². The number of imide groups is 1. The van der Waals surface area contributed by atoms with E-state index in [1.807, 2.05) is 13.8 Å². The molecule has 0 unspecified atom stereocenters. The van der Waals surface area contributed by atoms with Gasteiger partial charge in [0.25, 0.3) is 0 Å². The highest BCUT2D eigenvalue weighted by molar-refractivity contribution is 6.06. The fourth-order valence-electron chi connectivity index (χ4n) is 3.74. The molecule has 108 valence electrons. The van der Waals surface area contributed by atoms with Gasteiger partial charge in [-0.25, -0.2) is 0 Å². The molecular weight excluding hydrogens is 242 g/mol. The van der Waals surface area contributed by atoms with Crippen LogP contribution in [0, 0.1) is 5.41 Å². The molecule has 0 spiro atoms. The Balaban J connectivity index is 2.33. The zero-order chi connectivity index (χ0) is 14.1. The van der Waals surface area contributed by atoms with Crippen LogP contribution < -0.4 is 0 Å². The van der Waals surface area contributed by atoms with E-state index in [9.17, 15) is 14.7 Å². The van der Waals surface area contributed by atoms with E-state index >= 15 is 0 Å². The Hall–Kier alpha value is -0.900. The molecule has 1 heterocycles. The third kappa shape index (κ3) is 2.10. The maximum atomic E-state index is 12.8. The molecule has 1 saturated carbocycles. The van der Waals surface area contributed by atoms with Gasteiger partial charge in [0.2, 0.25) is 11.8 Å². The number of aliphatic hydroxyl groups excluding tert-OH is 1. The van der Waals surface area contributed by atoms with Crippen LogP contribution in [0.5, 0.6) is 0 Å². The number of aliphatic hydroxyl groups is 1. The number of rotatable bonds is 4. The fraction of sp³-hybridized carbons (Fsp3) is 0.867. The summed E-state index contributed by atoms with van der Waals surface area (Å²) in [5.41, 5.74) is -1.13. The SMILES string of the molecule is CCC1(CC)CC(=O)N(C2(CO)CCCCC2)C1=O. The monoisotopic (exact) mass is 267 g/mol. The molecule has 1 aliphatic heterocycles. The van der Waals surface area contributed by atoms with Crippen molar-refractivity contribution < 1.29 is 14.7 Å². The summed E-state index contributed by atoms with van der Waals surface area (Å²) in [5.74, 6) is -0.122. The van der Waals surface area contributed by atoms with Crippen LogP contribution in [0.3, 0.4) is 0 Å². The summed E-state index contributed by atoms with van der Waals surface area (Å²) in [6.45, 7) is 3.86. The first-order chi connectivity index (χ1) is 9.05. The summed E-state index contributed by atoms with van der Waals surface area (Å²) >= 11 is 0. The van der Waals surface area contributed by atoms with Crippen LogP contribution in [0.25, 0.3) is 0 Å². The molecule has 2 amide bonds. The molecule has 1 N–H and O–H groups in total. The molecule has 2 aliphatic rings. The van der Waals surface area contributed by atoms with Gasteiger partial charge in [-0.3, -0.25) is 14.5 Å². The Kier molecular flexibility index (Phi) is 4.00. The summed E-state index contributed by atoms with van der Waals surface area (Å²) in [6, 6.07) is 0. The summed E-state index contributed by atoms with van der Waals surface area (Å²) in [7, 11) is 0.